The van der Waals surface area contributed by atoms with Gasteiger partial charge in [-0.2, -0.15) is 15.4 Å². The highest BCUT2D eigenvalue weighted by atomic mass is 16.5. The number of primary amides is 1. The molecule has 1 aliphatic heterocycles. The van der Waals surface area contributed by atoms with Crippen molar-refractivity contribution in [3.8, 4) is 17.0 Å². The molecule has 0 saturated heterocycles. The number of carbonyl (C=O) groups is 3. The average molecular weight is 391 g/mol. The molecule has 1 aliphatic rings. The molecule has 0 aliphatic carbocycles. The summed E-state index contributed by atoms with van der Waals surface area (Å²) < 4.78 is 5.68. The molecule has 2 aromatic carbocycles. The second-order valence-electron chi connectivity index (χ2n) is 6.42. The standard InChI is InChI=1S/C20H17N5O4/c21-18(26)17-16(22-24-23-17)12-6-8-13(9-7-12)29-11-3-10-25-19(27)14-4-1-2-5-15(14)20(25)28/h1-2,4-9H,3,10-11H2,(H2,21,26)(H,22,23,24). The molecule has 0 atom stereocenters. The highest BCUT2D eigenvalue weighted by molar-refractivity contribution is 6.21. The molecule has 2 heterocycles. The van der Waals surface area contributed by atoms with E-state index in [2.05, 4.69) is 15.4 Å². The minimum absolute atomic E-state index is 0.0691. The topological polar surface area (TPSA) is 131 Å². The lowest BCUT2D eigenvalue weighted by molar-refractivity contribution is 0.0646. The first-order chi connectivity index (χ1) is 14.1. The van der Waals surface area contributed by atoms with E-state index in [4.69, 9.17) is 10.5 Å². The molecule has 1 aromatic heterocycles. The van der Waals surface area contributed by atoms with Crippen LogP contribution in [0.1, 0.15) is 37.6 Å². The van der Waals surface area contributed by atoms with E-state index in [1.54, 1.807) is 48.5 Å². The van der Waals surface area contributed by atoms with Crippen molar-refractivity contribution in [2.75, 3.05) is 13.2 Å². The summed E-state index contributed by atoms with van der Waals surface area (Å²) in [6.07, 6.45) is 0.502. The number of hydrogen-bond donors (Lipinski definition) is 2. The number of hydrogen-bond acceptors (Lipinski definition) is 6. The van der Waals surface area contributed by atoms with Crippen molar-refractivity contribution in [1.82, 2.24) is 20.3 Å². The molecule has 146 valence electrons. The van der Waals surface area contributed by atoms with Crippen molar-refractivity contribution in [3.05, 3.63) is 65.4 Å². The molecule has 3 amide bonds. The van der Waals surface area contributed by atoms with Gasteiger partial charge >= 0.3 is 0 Å². The molecule has 0 spiro atoms. The van der Waals surface area contributed by atoms with Crippen molar-refractivity contribution in [3.63, 3.8) is 0 Å². The summed E-state index contributed by atoms with van der Waals surface area (Å²) in [6, 6.07) is 13.7. The molecule has 3 aromatic rings. The van der Waals surface area contributed by atoms with Gasteiger partial charge in [0.15, 0.2) is 5.69 Å². The molecule has 3 N–H and O–H groups in total. The SMILES string of the molecule is NC(=O)c1n[nH]nc1-c1ccc(OCCCN2C(=O)c3ccccc3C2=O)cc1. The number of aromatic nitrogens is 3. The van der Waals surface area contributed by atoms with E-state index < -0.39 is 5.91 Å². The molecule has 0 radical (unpaired) electrons. The summed E-state index contributed by atoms with van der Waals surface area (Å²) in [4.78, 5) is 37.2. The summed E-state index contributed by atoms with van der Waals surface area (Å²) in [5.41, 5.74) is 7.26. The maximum atomic E-state index is 12.3. The fourth-order valence-corrected chi connectivity index (χ4v) is 3.17. The molecule has 9 nitrogen and oxygen atoms in total. The van der Waals surface area contributed by atoms with Crippen molar-refractivity contribution in [1.29, 1.82) is 0 Å². The lowest BCUT2D eigenvalue weighted by Gasteiger charge is -2.14. The molecule has 29 heavy (non-hydrogen) atoms. The number of carbonyl (C=O) groups excluding carboxylic acids is 3. The van der Waals surface area contributed by atoms with Gasteiger partial charge in [-0.05, 0) is 42.8 Å². The van der Waals surface area contributed by atoms with Gasteiger partial charge in [0.05, 0.1) is 17.7 Å². The Balaban J connectivity index is 1.32. The Bertz CT molecular complexity index is 1060. The zero-order chi connectivity index (χ0) is 20.4. The Kier molecular flexibility index (Phi) is 4.78. The highest BCUT2D eigenvalue weighted by Gasteiger charge is 2.34. The van der Waals surface area contributed by atoms with Crippen molar-refractivity contribution in [2.24, 2.45) is 5.73 Å². The predicted molar refractivity (Wildman–Crippen MR) is 102 cm³/mol. The van der Waals surface area contributed by atoms with E-state index >= 15 is 0 Å². The Labute approximate surface area is 165 Å². The second kappa shape index (κ2) is 7.55. The summed E-state index contributed by atoms with van der Waals surface area (Å²) in [5.74, 6) is -0.594. The van der Waals surface area contributed by atoms with Gasteiger partial charge in [0.25, 0.3) is 17.7 Å². The second-order valence-corrected chi connectivity index (χ2v) is 6.42. The van der Waals surface area contributed by atoms with Crippen LogP contribution in [0, 0.1) is 0 Å². The third-order valence-electron chi connectivity index (χ3n) is 4.58. The molecule has 9 heteroatoms. The summed E-state index contributed by atoms with van der Waals surface area (Å²) in [5, 5.41) is 10.1. The van der Waals surface area contributed by atoms with Gasteiger partial charge < -0.3 is 10.5 Å². The first-order valence-corrected chi connectivity index (χ1v) is 8.95. The smallest absolute Gasteiger partial charge is 0.271 e. The van der Waals surface area contributed by atoms with Crippen LogP contribution in [0.4, 0.5) is 0 Å². The number of imide groups is 1. The molecular formula is C20H17N5O4. The number of nitrogens with two attached hydrogens (primary N) is 1. The van der Waals surface area contributed by atoms with Crippen molar-refractivity contribution in [2.45, 2.75) is 6.42 Å². The van der Waals surface area contributed by atoms with Gasteiger partial charge in [0.2, 0.25) is 0 Å². The third-order valence-corrected chi connectivity index (χ3v) is 4.58. The number of nitrogens with one attached hydrogen (secondary N) is 1. The van der Waals surface area contributed by atoms with E-state index in [0.717, 1.165) is 0 Å². The molecule has 0 bridgehead atoms. The fourth-order valence-electron chi connectivity index (χ4n) is 3.17. The van der Waals surface area contributed by atoms with Gasteiger partial charge in [-0.3, -0.25) is 19.3 Å². The highest BCUT2D eigenvalue weighted by Crippen LogP contribution is 2.24. The van der Waals surface area contributed by atoms with Crippen LogP contribution in [0.15, 0.2) is 48.5 Å². The fraction of sp³-hybridized carbons (Fsp3) is 0.150. The van der Waals surface area contributed by atoms with E-state index in [9.17, 15) is 14.4 Å². The van der Waals surface area contributed by atoms with Crippen LogP contribution in [0.5, 0.6) is 5.75 Å². The van der Waals surface area contributed by atoms with Crippen LogP contribution in [0.2, 0.25) is 0 Å². The number of H-pyrrole nitrogens is 1. The van der Waals surface area contributed by atoms with Crippen LogP contribution in [0.25, 0.3) is 11.3 Å². The minimum atomic E-state index is -0.665. The zero-order valence-electron chi connectivity index (χ0n) is 15.3. The normalized spacial score (nSPS) is 12.9. The Hall–Kier alpha value is -4.01. The lowest BCUT2D eigenvalue weighted by atomic mass is 10.1. The maximum Gasteiger partial charge on any atom is 0.271 e. The number of nitrogens with zero attached hydrogens (tertiary/aromatic N) is 3. The van der Waals surface area contributed by atoms with Gasteiger partial charge in [-0.25, -0.2) is 0 Å². The molecule has 0 unspecified atom stereocenters. The first-order valence-electron chi connectivity index (χ1n) is 8.95. The van der Waals surface area contributed by atoms with E-state index in [1.165, 1.54) is 4.90 Å². The monoisotopic (exact) mass is 391 g/mol. The van der Waals surface area contributed by atoms with Gasteiger partial charge in [0, 0.05) is 12.1 Å². The molecule has 0 saturated carbocycles. The Morgan fingerprint density at radius 1 is 1.00 bits per heavy atom. The quantitative estimate of drug-likeness (QED) is 0.465. The number of benzene rings is 2. The Morgan fingerprint density at radius 3 is 2.28 bits per heavy atom. The summed E-state index contributed by atoms with van der Waals surface area (Å²) >= 11 is 0. The van der Waals surface area contributed by atoms with Crippen molar-refractivity contribution < 1.29 is 19.1 Å². The van der Waals surface area contributed by atoms with Gasteiger partial charge in [-0.15, -0.1) is 0 Å². The molecular weight excluding hydrogens is 374 g/mol. The first kappa shape index (κ1) is 18.4. The van der Waals surface area contributed by atoms with Crippen LogP contribution in [0.3, 0.4) is 0 Å². The van der Waals surface area contributed by atoms with Crippen LogP contribution < -0.4 is 10.5 Å². The predicted octanol–water partition coefficient (Wildman–Crippen LogP) is 1.64. The van der Waals surface area contributed by atoms with Gasteiger partial charge in [0.1, 0.15) is 11.4 Å². The summed E-state index contributed by atoms with van der Waals surface area (Å²) in [7, 11) is 0. The van der Waals surface area contributed by atoms with E-state index in [0.29, 0.717) is 41.2 Å². The van der Waals surface area contributed by atoms with E-state index in [1.807, 2.05) is 0 Å². The van der Waals surface area contributed by atoms with E-state index in [-0.39, 0.29) is 24.1 Å². The molecule has 4 rings (SSSR count). The number of amides is 3. The van der Waals surface area contributed by atoms with Gasteiger partial charge in [-0.1, -0.05) is 12.1 Å². The molecule has 0 fully saturated rings. The van der Waals surface area contributed by atoms with Crippen molar-refractivity contribution >= 4 is 17.7 Å². The number of aromatic amines is 1. The number of ether oxygens (including phenoxy) is 1. The largest absolute Gasteiger partial charge is 0.494 e. The summed E-state index contributed by atoms with van der Waals surface area (Å²) in [6.45, 7) is 0.620. The Morgan fingerprint density at radius 2 is 1.66 bits per heavy atom. The van der Waals surface area contributed by atoms with Crippen LogP contribution in [-0.2, 0) is 0 Å². The number of fused-ring (bicyclic) bond motifs is 1. The zero-order valence-corrected chi connectivity index (χ0v) is 15.3. The third kappa shape index (κ3) is 3.45. The lowest BCUT2D eigenvalue weighted by Crippen LogP contribution is -2.31. The van der Waals surface area contributed by atoms with Crippen LogP contribution >= 0.6 is 0 Å². The maximum absolute atomic E-state index is 12.3. The minimum Gasteiger partial charge on any atom is -0.494 e. The number of rotatable bonds is 7. The average Bonchev–Trinajstić information content (AvgIpc) is 3.31. The van der Waals surface area contributed by atoms with Crippen LogP contribution in [-0.4, -0.2) is 51.2 Å².